The number of guanidine groups is 1. The molecule has 26 heavy (non-hydrogen) atoms. The molecule has 0 atom stereocenters. The average molecular weight is 379 g/mol. The van der Waals surface area contributed by atoms with Crippen LogP contribution in [0.2, 0.25) is 0 Å². The van der Waals surface area contributed by atoms with Crippen molar-refractivity contribution in [2.75, 3.05) is 26.3 Å². The van der Waals surface area contributed by atoms with E-state index in [0.29, 0.717) is 12.5 Å². The Kier molecular flexibility index (Phi) is 9.20. The summed E-state index contributed by atoms with van der Waals surface area (Å²) in [6.45, 7) is 10.0. The first kappa shape index (κ1) is 20.5. The molecule has 144 valence electrons. The van der Waals surface area contributed by atoms with Gasteiger partial charge in [0.1, 0.15) is 10.8 Å². The number of hydrogen-bond donors (Lipinski definition) is 2. The van der Waals surface area contributed by atoms with E-state index in [-0.39, 0.29) is 0 Å². The summed E-state index contributed by atoms with van der Waals surface area (Å²) < 4.78 is 10.7. The van der Waals surface area contributed by atoms with Crippen molar-refractivity contribution >= 4 is 17.3 Å². The molecule has 6 nitrogen and oxygen atoms in total. The summed E-state index contributed by atoms with van der Waals surface area (Å²) in [6, 6.07) is 3.89. The van der Waals surface area contributed by atoms with E-state index >= 15 is 0 Å². The number of nitrogens with one attached hydrogen (secondary N) is 2. The van der Waals surface area contributed by atoms with Crippen molar-refractivity contribution in [3.63, 3.8) is 0 Å². The van der Waals surface area contributed by atoms with Crippen molar-refractivity contribution < 1.29 is 9.15 Å². The van der Waals surface area contributed by atoms with Crippen LogP contribution in [0.3, 0.4) is 0 Å². The topological polar surface area (TPSA) is 71.7 Å². The lowest BCUT2D eigenvalue weighted by molar-refractivity contribution is 0.145. The van der Waals surface area contributed by atoms with Crippen molar-refractivity contribution in [3.05, 3.63) is 40.2 Å². The Balaban J connectivity index is 1.84. The zero-order valence-electron chi connectivity index (χ0n) is 16.0. The highest BCUT2D eigenvalue weighted by molar-refractivity contribution is 7.09. The lowest BCUT2D eigenvalue weighted by atomic mass is 10.2. The second-order valence-electron chi connectivity index (χ2n) is 6.22. The molecule has 0 aromatic carbocycles. The van der Waals surface area contributed by atoms with Gasteiger partial charge in [0.15, 0.2) is 5.96 Å². The Morgan fingerprint density at radius 2 is 2.19 bits per heavy atom. The molecule has 2 rings (SSSR count). The van der Waals surface area contributed by atoms with E-state index in [1.807, 2.05) is 19.1 Å². The van der Waals surface area contributed by atoms with Gasteiger partial charge in [-0.25, -0.2) is 9.98 Å². The van der Waals surface area contributed by atoms with Gasteiger partial charge in [0.25, 0.3) is 0 Å². The van der Waals surface area contributed by atoms with E-state index < -0.39 is 0 Å². The van der Waals surface area contributed by atoms with Gasteiger partial charge in [-0.3, -0.25) is 0 Å². The third kappa shape index (κ3) is 7.58. The molecule has 2 N–H and O–H groups in total. The zero-order valence-corrected chi connectivity index (χ0v) is 16.8. The fraction of sp³-hybridized carbons (Fsp3) is 0.579. The molecule has 0 unspecified atom stereocenters. The summed E-state index contributed by atoms with van der Waals surface area (Å²) in [4.78, 5) is 9.32. The minimum atomic E-state index is 0.451. The summed E-state index contributed by atoms with van der Waals surface area (Å²) in [7, 11) is 0. The molecule has 0 bridgehead atoms. The molecular formula is C19H30N4O2S. The number of hydrogen-bond acceptors (Lipinski definition) is 5. The molecule has 2 aromatic rings. The third-order valence-electron chi connectivity index (χ3n) is 3.74. The number of thiazole rings is 1. The molecule has 0 saturated carbocycles. The van der Waals surface area contributed by atoms with E-state index in [2.05, 4.69) is 39.8 Å². The summed E-state index contributed by atoms with van der Waals surface area (Å²) in [5.41, 5.74) is 1.14. The fourth-order valence-electron chi connectivity index (χ4n) is 2.27. The minimum absolute atomic E-state index is 0.451. The Bertz CT molecular complexity index is 638. The van der Waals surface area contributed by atoms with E-state index in [4.69, 9.17) is 9.15 Å². The Labute approximate surface area is 160 Å². The Morgan fingerprint density at radius 1 is 1.35 bits per heavy atom. The van der Waals surface area contributed by atoms with Gasteiger partial charge < -0.3 is 19.8 Å². The van der Waals surface area contributed by atoms with Crippen LogP contribution in [0, 0.1) is 0 Å². The van der Waals surface area contributed by atoms with Crippen LogP contribution >= 0.6 is 11.3 Å². The monoisotopic (exact) mass is 378 g/mol. The molecule has 0 aliphatic carbocycles. The number of rotatable bonds is 11. The van der Waals surface area contributed by atoms with Gasteiger partial charge in [-0.15, -0.1) is 11.3 Å². The SMILES string of the molecule is CCOCCCNC(=NCc1nc(C(C)C)cs1)NCCc1ccco1. The standard InChI is InChI=1S/C19H30N4O2S/c1-4-24-11-6-9-20-19(21-10-8-16-7-5-12-25-16)22-13-18-23-17(14-26-18)15(2)3/h5,7,12,14-15H,4,6,8-11,13H2,1-3H3,(H2,20,21,22). The first-order valence-electron chi connectivity index (χ1n) is 9.25. The maximum Gasteiger partial charge on any atom is 0.191 e. The normalized spacial score (nSPS) is 11.9. The molecule has 2 aromatic heterocycles. The summed E-state index contributed by atoms with van der Waals surface area (Å²) in [5.74, 6) is 2.22. The van der Waals surface area contributed by atoms with Crippen molar-refractivity contribution in [3.8, 4) is 0 Å². The van der Waals surface area contributed by atoms with Gasteiger partial charge in [-0.2, -0.15) is 0 Å². The molecule has 0 fully saturated rings. The van der Waals surface area contributed by atoms with Gasteiger partial charge in [-0.05, 0) is 31.4 Å². The number of ether oxygens (including phenoxy) is 1. The fourth-order valence-corrected chi connectivity index (χ4v) is 3.15. The Hall–Kier alpha value is -1.86. The number of furan rings is 1. The summed E-state index contributed by atoms with van der Waals surface area (Å²) in [6.07, 6.45) is 3.47. The molecule has 0 radical (unpaired) electrons. The van der Waals surface area contributed by atoms with Crippen molar-refractivity contribution in [2.45, 2.75) is 46.1 Å². The molecule has 2 heterocycles. The molecule has 0 aliphatic rings. The molecule has 0 amide bonds. The van der Waals surface area contributed by atoms with E-state index in [0.717, 1.165) is 61.6 Å². The molecule has 0 spiro atoms. The quantitative estimate of drug-likeness (QED) is 0.355. The Morgan fingerprint density at radius 3 is 2.88 bits per heavy atom. The summed E-state index contributed by atoms with van der Waals surface area (Å²) in [5, 5.41) is 9.88. The van der Waals surface area contributed by atoms with Gasteiger partial charge in [0.2, 0.25) is 0 Å². The highest BCUT2D eigenvalue weighted by Gasteiger charge is 2.06. The highest BCUT2D eigenvalue weighted by Crippen LogP contribution is 2.18. The molecule has 7 heteroatoms. The highest BCUT2D eigenvalue weighted by atomic mass is 32.1. The lowest BCUT2D eigenvalue weighted by Gasteiger charge is -2.12. The van der Waals surface area contributed by atoms with Crippen LogP contribution in [-0.4, -0.2) is 37.2 Å². The minimum Gasteiger partial charge on any atom is -0.469 e. The first-order chi connectivity index (χ1) is 12.7. The third-order valence-corrected chi connectivity index (χ3v) is 4.59. The van der Waals surface area contributed by atoms with Crippen LogP contribution in [0.15, 0.2) is 33.2 Å². The van der Waals surface area contributed by atoms with Crippen LogP contribution in [0.25, 0.3) is 0 Å². The van der Waals surface area contributed by atoms with Gasteiger partial charge in [-0.1, -0.05) is 13.8 Å². The van der Waals surface area contributed by atoms with Gasteiger partial charge >= 0.3 is 0 Å². The van der Waals surface area contributed by atoms with E-state index in [9.17, 15) is 0 Å². The zero-order chi connectivity index (χ0) is 18.6. The van der Waals surface area contributed by atoms with E-state index in [1.54, 1.807) is 17.6 Å². The van der Waals surface area contributed by atoms with E-state index in [1.165, 1.54) is 0 Å². The summed E-state index contributed by atoms with van der Waals surface area (Å²) >= 11 is 1.67. The first-order valence-corrected chi connectivity index (χ1v) is 10.1. The average Bonchev–Trinajstić information content (AvgIpc) is 3.30. The molecule has 0 aliphatic heterocycles. The van der Waals surface area contributed by atoms with Gasteiger partial charge in [0, 0.05) is 38.1 Å². The second kappa shape index (κ2) is 11.7. The van der Waals surface area contributed by atoms with Crippen LogP contribution in [0.4, 0.5) is 0 Å². The van der Waals surface area contributed by atoms with Crippen molar-refractivity contribution in [1.82, 2.24) is 15.6 Å². The van der Waals surface area contributed by atoms with Crippen LogP contribution in [0.5, 0.6) is 0 Å². The molecule has 0 saturated heterocycles. The van der Waals surface area contributed by atoms with Crippen LogP contribution in [-0.2, 0) is 17.7 Å². The smallest absolute Gasteiger partial charge is 0.191 e. The molecular weight excluding hydrogens is 348 g/mol. The number of nitrogens with zero attached hydrogens (tertiary/aromatic N) is 2. The predicted molar refractivity (Wildman–Crippen MR) is 107 cm³/mol. The lowest BCUT2D eigenvalue weighted by Crippen LogP contribution is -2.39. The predicted octanol–water partition coefficient (Wildman–Crippen LogP) is 3.56. The maximum atomic E-state index is 5.38. The number of aliphatic imine (C=N–C) groups is 1. The largest absolute Gasteiger partial charge is 0.469 e. The number of aromatic nitrogens is 1. The van der Waals surface area contributed by atoms with Crippen LogP contribution in [0.1, 0.15) is 49.6 Å². The van der Waals surface area contributed by atoms with Crippen molar-refractivity contribution in [1.29, 1.82) is 0 Å². The maximum absolute atomic E-state index is 5.38. The van der Waals surface area contributed by atoms with Gasteiger partial charge in [0.05, 0.1) is 18.5 Å². The van der Waals surface area contributed by atoms with Crippen LogP contribution < -0.4 is 10.6 Å². The van der Waals surface area contributed by atoms with Crippen molar-refractivity contribution in [2.24, 2.45) is 4.99 Å². The second-order valence-corrected chi connectivity index (χ2v) is 7.16.